The molecule has 6 heteroatoms. The molecule has 0 aromatic heterocycles. The van der Waals surface area contributed by atoms with Crippen LogP contribution in [-0.4, -0.2) is 35.0 Å². The van der Waals surface area contributed by atoms with Gasteiger partial charge in [0.15, 0.2) is 0 Å². The average Bonchev–Trinajstić information content (AvgIpc) is 2.72. The molecule has 1 aliphatic rings. The molecular weight excluding hydrogens is 248 g/mol. The van der Waals surface area contributed by atoms with Gasteiger partial charge in [0.2, 0.25) is 11.8 Å². The highest BCUT2D eigenvalue weighted by molar-refractivity contribution is 5.89. The SMILES string of the molecule is CC(C)(C)NC(=O)CNC(=O)C1CCCC1C(=O)O. The summed E-state index contributed by atoms with van der Waals surface area (Å²) in [6.07, 6.45) is 1.84. The van der Waals surface area contributed by atoms with E-state index >= 15 is 0 Å². The molecule has 0 aromatic rings. The van der Waals surface area contributed by atoms with Gasteiger partial charge in [0, 0.05) is 5.54 Å². The van der Waals surface area contributed by atoms with E-state index in [0.29, 0.717) is 12.8 Å². The fourth-order valence-electron chi connectivity index (χ4n) is 2.33. The maximum absolute atomic E-state index is 11.9. The van der Waals surface area contributed by atoms with Crippen molar-refractivity contribution in [1.29, 1.82) is 0 Å². The number of aliphatic carboxylic acids is 1. The first kappa shape index (κ1) is 15.5. The number of carboxylic acid groups (broad SMARTS) is 1. The Labute approximate surface area is 112 Å². The van der Waals surface area contributed by atoms with Crippen molar-refractivity contribution >= 4 is 17.8 Å². The van der Waals surface area contributed by atoms with Crippen LogP contribution < -0.4 is 10.6 Å². The van der Waals surface area contributed by atoms with Gasteiger partial charge in [0.05, 0.1) is 18.4 Å². The molecule has 2 unspecified atom stereocenters. The third kappa shape index (κ3) is 4.89. The van der Waals surface area contributed by atoms with E-state index in [2.05, 4.69) is 10.6 Å². The van der Waals surface area contributed by atoms with Crippen molar-refractivity contribution in [1.82, 2.24) is 10.6 Å². The zero-order valence-electron chi connectivity index (χ0n) is 11.7. The van der Waals surface area contributed by atoms with Gasteiger partial charge in [-0.1, -0.05) is 6.42 Å². The molecule has 2 amide bonds. The fourth-order valence-corrected chi connectivity index (χ4v) is 2.33. The molecule has 1 rings (SSSR count). The first-order chi connectivity index (χ1) is 8.70. The Bertz CT molecular complexity index is 373. The minimum absolute atomic E-state index is 0.112. The second-order valence-corrected chi connectivity index (χ2v) is 6.00. The van der Waals surface area contributed by atoms with E-state index in [4.69, 9.17) is 5.11 Å². The van der Waals surface area contributed by atoms with Gasteiger partial charge in [-0.15, -0.1) is 0 Å². The van der Waals surface area contributed by atoms with Crippen molar-refractivity contribution in [3.05, 3.63) is 0 Å². The quantitative estimate of drug-likeness (QED) is 0.694. The number of carbonyl (C=O) groups excluding carboxylic acids is 2. The van der Waals surface area contributed by atoms with Gasteiger partial charge in [-0.3, -0.25) is 14.4 Å². The van der Waals surface area contributed by atoms with Gasteiger partial charge in [-0.2, -0.15) is 0 Å². The lowest BCUT2D eigenvalue weighted by molar-refractivity contribution is -0.146. The van der Waals surface area contributed by atoms with Crippen molar-refractivity contribution in [2.24, 2.45) is 11.8 Å². The number of amides is 2. The van der Waals surface area contributed by atoms with Crippen LogP contribution in [0.1, 0.15) is 40.0 Å². The molecule has 1 fully saturated rings. The molecule has 1 saturated carbocycles. The molecule has 0 bridgehead atoms. The van der Waals surface area contributed by atoms with Crippen molar-refractivity contribution in [2.75, 3.05) is 6.54 Å². The van der Waals surface area contributed by atoms with E-state index in [-0.39, 0.29) is 23.9 Å². The van der Waals surface area contributed by atoms with Crippen LogP contribution in [0, 0.1) is 11.8 Å². The van der Waals surface area contributed by atoms with Gasteiger partial charge >= 0.3 is 5.97 Å². The van der Waals surface area contributed by atoms with Crippen LogP contribution in [0.3, 0.4) is 0 Å². The molecule has 0 aromatic carbocycles. The third-order valence-corrected chi connectivity index (χ3v) is 3.11. The van der Waals surface area contributed by atoms with Crippen molar-refractivity contribution in [3.8, 4) is 0 Å². The highest BCUT2D eigenvalue weighted by atomic mass is 16.4. The number of carbonyl (C=O) groups is 3. The van der Waals surface area contributed by atoms with Gasteiger partial charge in [0.1, 0.15) is 0 Å². The average molecular weight is 270 g/mol. The molecular formula is C13H22N2O4. The summed E-state index contributed by atoms with van der Waals surface area (Å²) in [6, 6.07) is 0. The molecule has 3 N–H and O–H groups in total. The fraction of sp³-hybridized carbons (Fsp3) is 0.769. The zero-order valence-corrected chi connectivity index (χ0v) is 11.7. The lowest BCUT2D eigenvalue weighted by Gasteiger charge is -2.21. The number of carboxylic acids is 1. The second-order valence-electron chi connectivity index (χ2n) is 6.00. The van der Waals surface area contributed by atoms with Gasteiger partial charge in [0.25, 0.3) is 0 Å². The van der Waals surface area contributed by atoms with Gasteiger partial charge in [-0.25, -0.2) is 0 Å². The van der Waals surface area contributed by atoms with Crippen LogP contribution in [0.5, 0.6) is 0 Å². The van der Waals surface area contributed by atoms with E-state index in [1.165, 1.54) is 0 Å². The Morgan fingerprint density at radius 1 is 1.16 bits per heavy atom. The summed E-state index contributed by atoms with van der Waals surface area (Å²) in [6.45, 7) is 5.44. The Morgan fingerprint density at radius 3 is 2.26 bits per heavy atom. The molecule has 1 aliphatic carbocycles. The molecule has 0 radical (unpaired) electrons. The first-order valence-corrected chi connectivity index (χ1v) is 6.52. The predicted octanol–water partition coefficient (Wildman–Crippen LogP) is 0.518. The predicted molar refractivity (Wildman–Crippen MR) is 69.4 cm³/mol. The maximum Gasteiger partial charge on any atom is 0.307 e. The molecule has 6 nitrogen and oxygen atoms in total. The van der Waals surface area contributed by atoms with Crippen LogP contribution >= 0.6 is 0 Å². The number of hydrogen-bond acceptors (Lipinski definition) is 3. The minimum atomic E-state index is -0.934. The summed E-state index contributed by atoms with van der Waals surface area (Å²) in [5, 5.41) is 14.3. The topological polar surface area (TPSA) is 95.5 Å². The Balaban J connectivity index is 2.43. The van der Waals surface area contributed by atoms with Crippen LogP contribution in [0.4, 0.5) is 0 Å². The summed E-state index contributed by atoms with van der Waals surface area (Å²) in [5.74, 6) is -2.68. The summed E-state index contributed by atoms with van der Waals surface area (Å²) in [4.78, 5) is 34.4. The van der Waals surface area contributed by atoms with Crippen molar-refractivity contribution in [3.63, 3.8) is 0 Å². The molecule has 0 aliphatic heterocycles. The van der Waals surface area contributed by atoms with Crippen LogP contribution in [0.2, 0.25) is 0 Å². The van der Waals surface area contributed by atoms with Crippen LogP contribution in [-0.2, 0) is 14.4 Å². The molecule has 0 heterocycles. The van der Waals surface area contributed by atoms with E-state index in [1.807, 2.05) is 20.8 Å². The Hall–Kier alpha value is -1.59. The number of nitrogens with one attached hydrogen (secondary N) is 2. The largest absolute Gasteiger partial charge is 0.481 e. The number of rotatable bonds is 4. The number of hydrogen-bond donors (Lipinski definition) is 3. The zero-order chi connectivity index (χ0) is 14.6. The smallest absolute Gasteiger partial charge is 0.307 e. The minimum Gasteiger partial charge on any atom is -0.481 e. The Morgan fingerprint density at radius 2 is 1.74 bits per heavy atom. The standard InChI is InChI=1S/C13H22N2O4/c1-13(2,3)15-10(16)7-14-11(17)8-5-4-6-9(8)12(18)19/h8-9H,4-7H2,1-3H3,(H,14,17)(H,15,16)(H,18,19). The van der Waals surface area contributed by atoms with Crippen LogP contribution in [0.15, 0.2) is 0 Å². The summed E-state index contributed by atoms with van der Waals surface area (Å²) in [7, 11) is 0. The first-order valence-electron chi connectivity index (χ1n) is 6.52. The van der Waals surface area contributed by atoms with E-state index in [9.17, 15) is 14.4 Å². The van der Waals surface area contributed by atoms with Gasteiger partial charge in [-0.05, 0) is 33.6 Å². The summed E-state index contributed by atoms with van der Waals surface area (Å²) < 4.78 is 0. The summed E-state index contributed by atoms with van der Waals surface area (Å²) in [5.41, 5.74) is -0.348. The van der Waals surface area contributed by atoms with E-state index in [1.54, 1.807) is 0 Å². The van der Waals surface area contributed by atoms with Gasteiger partial charge < -0.3 is 15.7 Å². The second kappa shape index (κ2) is 6.04. The maximum atomic E-state index is 11.9. The lowest BCUT2D eigenvalue weighted by Crippen LogP contribution is -2.47. The summed E-state index contributed by atoms with van der Waals surface area (Å²) >= 11 is 0. The lowest BCUT2D eigenvalue weighted by atomic mass is 9.95. The molecule has 19 heavy (non-hydrogen) atoms. The molecule has 0 spiro atoms. The van der Waals surface area contributed by atoms with Crippen molar-refractivity contribution < 1.29 is 19.5 Å². The normalized spacial score (nSPS) is 22.9. The monoisotopic (exact) mass is 270 g/mol. The highest BCUT2D eigenvalue weighted by Crippen LogP contribution is 2.31. The van der Waals surface area contributed by atoms with E-state index in [0.717, 1.165) is 6.42 Å². The Kier molecular flexibility index (Phi) is 4.91. The van der Waals surface area contributed by atoms with Crippen LogP contribution in [0.25, 0.3) is 0 Å². The molecule has 2 atom stereocenters. The molecule has 108 valence electrons. The van der Waals surface area contributed by atoms with Crippen molar-refractivity contribution in [2.45, 2.75) is 45.6 Å². The molecule has 0 saturated heterocycles. The highest BCUT2D eigenvalue weighted by Gasteiger charge is 2.37. The van der Waals surface area contributed by atoms with E-state index < -0.39 is 17.8 Å². The third-order valence-electron chi connectivity index (χ3n) is 3.11.